The maximum absolute atomic E-state index is 12.0. The van der Waals surface area contributed by atoms with Crippen molar-refractivity contribution in [2.75, 3.05) is 19.6 Å². The third-order valence-corrected chi connectivity index (χ3v) is 3.41. The van der Waals surface area contributed by atoms with Gasteiger partial charge in [0.25, 0.3) is 5.91 Å². The van der Waals surface area contributed by atoms with Gasteiger partial charge in [-0.3, -0.25) is 4.79 Å². The Hall–Kier alpha value is -0.650. The molecule has 3 unspecified atom stereocenters. The smallest absolute Gasteiger partial charge is 0.251 e. The summed E-state index contributed by atoms with van der Waals surface area (Å²) < 4.78 is 5.56. The van der Waals surface area contributed by atoms with Crippen molar-refractivity contribution in [2.24, 2.45) is 5.73 Å². The average molecular weight is 228 g/mol. The van der Waals surface area contributed by atoms with Crippen molar-refractivity contribution < 1.29 is 14.6 Å². The first kappa shape index (κ1) is 11.8. The number of hydrogen-bond donors (Lipinski definition) is 2. The Morgan fingerprint density at radius 2 is 2.38 bits per heavy atom. The fourth-order valence-electron chi connectivity index (χ4n) is 2.40. The van der Waals surface area contributed by atoms with E-state index in [-0.39, 0.29) is 18.1 Å². The normalized spacial score (nSPS) is 39.3. The van der Waals surface area contributed by atoms with Gasteiger partial charge in [0.2, 0.25) is 0 Å². The summed E-state index contributed by atoms with van der Waals surface area (Å²) in [5.41, 5.74) is 4.77. The Kier molecular flexibility index (Phi) is 3.19. The van der Waals surface area contributed by atoms with E-state index in [4.69, 9.17) is 10.5 Å². The Bertz CT molecular complexity index is 280. The molecule has 0 bridgehead atoms. The molecule has 2 aliphatic rings. The van der Waals surface area contributed by atoms with Gasteiger partial charge in [-0.25, -0.2) is 0 Å². The second-order valence-electron chi connectivity index (χ2n) is 5.07. The largest absolute Gasteiger partial charge is 0.388 e. The lowest BCUT2D eigenvalue weighted by atomic mass is 10.1. The topological polar surface area (TPSA) is 75.8 Å². The zero-order valence-electron chi connectivity index (χ0n) is 9.69. The van der Waals surface area contributed by atoms with E-state index in [1.54, 1.807) is 11.8 Å². The molecule has 3 N–H and O–H groups in total. The predicted octanol–water partition coefficient (Wildman–Crippen LogP) is -0.524. The van der Waals surface area contributed by atoms with Crippen LogP contribution in [0.25, 0.3) is 0 Å². The highest BCUT2D eigenvalue weighted by Crippen LogP contribution is 2.25. The molecule has 0 spiro atoms. The number of carbonyl (C=O) groups is 1. The molecule has 5 heteroatoms. The standard InChI is InChI=1S/C11H20N2O3/c1-11(15)4-5-13(7-11)10(14)9-3-2-8(6-12)16-9/h8-9,15H,2-7,12H2,1H3. The van der Waals surface area contributed by atoms with Gasteiger partial charge in [0.1, 0.15) is 6.10 Å². The van der Waals surface area contributed by atoms with Gasteiger partial charge < -0.3 is 20.5 Å². The Morgan fingerprint density at radius 3 is 2.88 bits per heavy atom. The summed E-state index contributed by atoms with van der Waals surface area (Å²) in [5.74, 6) is 0.00808. The summed E-state index contributed by atoms with van der Waals surface area (Å²) in [6.07, 6.45) is 1.93. The van der Waals surface area contributed by atoms with Crippen molar-refractivity contribution in [3.05, 3.63) is 0 Å². The molecule has 0 aromatic carbocycles. The summed E-state index contributed by atoms with van der Waals surface area (Å²) in [4.78, 5) is 13.7. The zero-order chi connectivity index (χ0) is 11.8. The summed E-state index contributed by atoms with van der Waals surface area (Å²) >= 11 is 0. The minimum absolute atomic E-state index is 0.00808. The highest BCUT2D eigenvalue weighted by molar-refractivity contribution is 5.81. The molecule has 3 atom stereocenters. The third kappa shape index (κ3) is 2.36. The second-order valence-corrected chi connectivity index (χ2v) is 5.07. The molecule has 2 heterocycles. The molecule has 2 fully saturated rings. The van der Waals surface area contributed by atoms with Gasteiger partial charge in [-0.2, -0.15) is 0 Å². The van der Waals surface area contributed by atoms with Crippen LogP contribution < -0.4 is 5.73 Å². The van der Waals surface area contributed by atoms with E-state index >= 15 is 0 Å². The first-order valence-corrected chi connectivity index (χ1v) is 5.88. The molecule has 2 rings (SSSR count). The van der Waals surface area contributed by atoms with Gasteiger partial charge >= 0.3 is 0 Å². The van der Waals surface area contributed by atoms with Crippen molar-refractivity contribution in [1.29, 1.82) is 0 Å². The molecule has 2 saturated heterocycles. The Morgan fingerprint density at radius 1 is 1.62 bits per heavy atom. The monoisotopic (exact) mass is 228 g/mol. The van der Waals surface area contributed by atoms with Gasteiger partial charge in [0, 0.05) is 19.6 Å². The maximum Gasteiger partial charge on any atom is 0.251 e. The van der Waals surface area contributed by atoms with Crippen LogP contribution in [0, 0.1) is 0 Å². The minimum atomic E-state index is -0.735. The maximum atomic E-state index is 12.0. The van der Waals surface area contributed by atoms with E-state index in [2.05, 4.69) is 0 Å². The molecule has 0 aromatic rings. The lowest BCUT2D eigenvalue weighted by Gasteiger charge is -2.22. The number of rotatable bonds is 2. The van der Waals surface area contributed by atoms with E-state index in [9.17, 15) is 9.90 Å². The number of hydrogen-bond acceptors (Lipinski definition) is 4. The van der Waals surface area contributed by atoms with Crippen LogP contribution in [0.5, 0.6) is 0 Å². The zero-order valence-corrected chi connectivity index (χ0v) is 9.69. The van der Waals surface area contributed by atoms with Crippen molar-refractivity contribution in [2.45, 2.75) is 44.0 Å². The summed E-state index contributed by atoms with van der Waals surface area (Å²) in [5, 5.41) is 9.80. The number of amides is 1. The molecule has 0 saturated carbocycles. The molecule has 5 nitrogen and oxygen atoms in total. The number of likely N-dealkylation sites (tertiary alicyclic amines) is 1. The van der Waals surface area contributed by atoms with Crippen LogP contribution in [-0.4, -0.2) is 53.4 Å². The number of β-amino-alcohol motifs (C(OH)–C–C–N with tert-alkyl or cyclic N) is 1. The van der Waals surface area contributed by atoms with Crippen molar-refractivity contribution in [1.82, 2.24) is 4.90 Å². The van der Waals surface area contributed by atoms with Crippen LogP contribution in [0.4, 0.5) is 0 Å². The Labute approximate surface area is 95.5 Å². The fourth-order valence-corrected chi connectivity index (χ4v) is 2.40. The molecule has 16 heavy (non-hydrogen) atoms. The molecule has 2 aliphatic heterocycles. The van der Waals surface area contributed by atoms with Crippen molar-refractivity contribution in [3.8, 4) is 0 Å². The highest BCUT2D eigenvalue weighted by Gasteiger charge is 2.39. The Balaban J connectivity index is 1.89. The van der Waals surface area contributed by atoms with Gasteiger partial charge in [-0.05, 0) is 26.2 Å². The van der Waals surface area contributed by atoms with Crippen LogP contribution in [0.2, 0.25) is 0 Å². The van der Waals surface area contributed by atoms with Gasteiger partial charge in [-0.1, -0.05) is 0 Å². The van der Waals surface area contributed by atoms with Crippen LogP contribution in [0.3, 0.4) is 0 Å². The summed E-state index contributed by atoms with van der Waals surface area (Å²) in [6.45, 7) is 3.28. The first-order valence-electron chi connectivity index (χ1n) is 5.88. The summed E-state index contributed by atoms with van der Waals surface area (Å²) in [7, 11) is 0. The minimum Gasteiger partial charge on any atom is -0.388 e. The van der Waals surface area contributed by atoms with Crippen LogP contribution in [-0.2, 0) is 9.53 Å². The quantitative estimate of drug-likeness (QED) is 0.666. The molecule has 92 valence electrons. The lowest BCUT2D eigenvalue weighted by molar-refractivity contribution is -0.142. The number of nitrogens with two attached hydrogens (primary N) is 1. The number of carbonyl (C=O) groups excluding carboxylic acids is 1. The second kappa shape index (κ2) is 4.31. The molecule has 1 amide bonds. The molecule has 0 aromatic heterocycles. The lowest BCUT2D eigenvalue weighted by Crippen LogP contribution is -2.40. The first-order chi connectivity index (χ1) is 7.52. The number of nitrogens with zero attached hydrogens (tertiary/aromatic N) is 1. The fraction of sp³-hybridized carbons (Fsp3) is 0.909. The molecular formula is C11H20N2O3. The number of aliphatic hydroxyl groups is 1. The van der Waals surface area contributed by atoms with Crippen LogP contribution in [0.15, 0.2) is 0 Å². The summed E-state index contributed by atoms with van der Waals surface area (Å²) in [6, 6.07) is 0. The van der Waals surface area contributed by atoms with E-state index in [1.807, 2.05) is 0 Å². The average Bonchev–Trinajstić information content (AvgIpc) is 2.83. The molecule has 0 aliphatic carbocycles. The van der Waals surface area contributed by atoms with Gasteiger partial charge in [0.15, 0.2) is 0 Å². The third-order valence-electron chi connectivity index (χ3n) is 3.41. The van der Waals surface area contributed by atoms with E-state index in [0.717, 1.165) is 12.8 Å². The van der Waals surface area contributed by atoms with Crippen LogP contribution >= 0.6 is 0 Å². The molecular weight excluding hydrogens is 208 g/mol. The van der Waals surface area contributed by atoms with Gasteiger partial charge in [0.05, 0.1) is 11.7 Å². The van der Waals surface area contributed by atoms with Crippen LogP contribution in [0.1, 0.15) is 26.2 Å². The van der Waals surface area contributed by atoms with Crippen molar-refractivity contribution in [3.63, 3.8) is 0 Å². The SMILES string of the molecule is CC1(O)CCN(C(=O)C2CCC(CN)O2)C1. The number of ether oxygens (including phenoxy) is 1. The van der Waals surface area contributed by atoms with Gasteiger partial charge in [-0.15, -0.1) is 0 Å². The van der Waals surface area contributed by atoms with Crippen molar-refractivity contribution >= 4 is 5.91 Å². The molecule has 0 radical (unpaired) electrons. The van der Waals surface area contributed by atoms with E-state index in [1.165, 1.54) is 0 Å². The highest BCUT2D eigenvalue weighted by atomic mass is 16.5. The van der Waals surface area contributed by atoms with E-state index in [0.29, 0.717) is 26.1 Å². The van der Waals surface area contributed by atoms with E-state index < -0.39 is 5.60 Å². The predicted molar refractivity (Wildman–Crippen MR) is 58.8 cm³/mol.